The first-order valence-electron chi connectivity index (χ1n) is 6.80. The van der Waals surface area contributed by atoms with Crippen molar-refractivity contribution in [1.29, 1.82) is 0 Å². The third-order valence-corrected chi connectivity index (χ3v) is 4.98. The van der Waals surface area contributed by atoms with Crippen LogP contribution in [0.1, 0.15) is 30.1 Å². The average molecular weight is 352 g/mol. The van der Waals surface area contributed by atoms with Crippen LogP contribution in [-0.4, -0.2) is 22.9 Å². The third kappa shape index (κ3) is 2.18. The predicted molar refractivity (Wildman–Crippen MR) is 79.0 cm³/mol. The molecule has 0 bridgehead atoms. The molecule has 5 nitrogen and oxygen atoms in total. The largest absolute Gasteiger partial charge is 0.478 e. The number of hydrogen-bond acceptors (Lipinski definition) is 3. The standard InChI is InChI=1S/C15H14BrNO4/c1-7-4-9-10(5-7)14(19)17(13(9)18)12-6-8(15(20)21)2-3-11(12)16/h2-3,6-7,9-10H,4-5H2,1H3,(H,20,21). The molecule has 21 heavy (non-hydrogen) atoms. The van der Waals surface area contributed by atoms with Gasteiger partial charge >= 0.3 is 5.97 Å². The van der Waals surface area contributed by atoms with Gasteiger partial charge < -0.3 is 5.11 Å². The van der Waals surface area contributed by atoms with Crippen molar-refractivity contribution >= 4 is 39.4 Å². The minimum atomic E-state index is -1.09. The van der Waals surface area contributed by atoms with Gasteiger partial charge in [-0.1, -0.05) is 6.92 Å². The lowest BCUT2D eigenvalue weighted by molar-refractivity contribution is -0.123. The monoisotopic (exact) mass is 351 g/mol. The number of benzene rings is 1. The summed E-state index contributed by atoms with van der Waals surface area (Å²) in [5.74, 6) is -1.64. The van der Waals surface area contributed by atoms with Crippen molar-refractivity contribution in [2.24, 2.45) is 17.8 Å². The Balaban J connectivity index is 2.02. The van der Waals surface area contributed by atoms with Crippen LogP contribution >= 0.6 is 15.9 Å². The molecule has 2 amide bonds. The van der Waals surface area contributed by atoms with Gasteiger partial charge in [0.25, 0.3) is 0 Å². The van der Waals surface area contributed by atoms with E-state index in [1.54, 1.807) is 6.07 Å². The van der Waals surface area contributed by atoms with Crippen molar-refractivity contribution in [2.45, 2.75) is 19.8 Å². The summed E-state index contributed by atoms with van der Waals surface area (Å²) < 4.78 is 0.544. The zero-order chi connectivity index (χ0) is 15.3. The van der Waals surface area contributed by atoms with E-state index in [-0.39, 0.29) is 29.2 Å². The first-order valence-corrected chi connectivity index (χ1v) is 7.60. The Hall–Kier alpha value is -1.69. The molecule has 2 aliphatic rings. The van der Waals surface area contributed by atoms with Gasteiger partial charge in [0.1, 0.15) is 0 Å². The number of carbonyl (C=O) groups is 3. The predicted octanol–water partition coefficient (Wildman–Crippen LogP) is 2.68. The van der Waals surface area contributed by atoms with Gasteiger partial charge in [0.15, 0.2) is 0 Å². The number of carboxylic acids is 1. The van der Waals surface area contributed by atoms with E-state index in [2.05, 4.69) is 15.9 Å². The van der Waals surface area contributed by atoms with E-state index in [1.807, 2.05) is 6.92 Å². The quantitative estimate of drug-likeness (QED) is 0.831. The van der Waals surface area contributed by atoms with Gasteiger partial charge in [0.05, 0.1) is 23.1 Å². The maximum atomic E-state index is 12.5. The van der Waals surface area contributed by atoms with E-state index < -0.39 is 5.97 Å². The average Bonchev–Trinajstić information content (AvgIpc) is 2.90. The molecule has 2 fully saturated rings. The van der Waals surface area contributed by atoms with Crippen molar-refractivity contribution in [2.75, 3.05) is 4.90 Å². The Morgan fingerprint density at radius 3 is 2.33 bits per heavy atom. The van der Waals surface area contributed by atoms with Crippen molar-refractivity contribution in [3.8, 4) is 0 Å². The van der Waals surface area contributed by atoms with Crippen LogP contribution in [0.3, 0.4) is 0 Å². The highest BCUT2D eigenvalue weighted by Crippen LogP contribution is 2.45. The highest BCUT2D eigenvalue weighted by molar-refractivity contribution is 9.10. The van der Waals surface area contributed by atoms with Crippen LogP contribution in [0.25, 0.3) is 0 Å². The molecule has 0 radical (unpaired) electrons. The maximum absolute atomic E-state index is 12.5. The molecule has 2 unspecified atom stereocenters. The van der Waals surface area contributed by atoms with Gasteiger partial charge in [-0.2, -0.15) is 0 Å². The van der Waals surface area contributed by atoms with Crippen molar-refractivity contribution < 1.29 is 19.5 Å². The third-order valence-electron chi connectivity index (χ3n) is 4.31. The van der Waals surface area contributed by atoms with Crippen LogP contribution in [0.15, 0.2) is 22.7 Å². The van der Waals surface area contributed by atoms with Crippen LogP contribution in [0.2, 0.25) is 0 Å². The molecular weight excluding hydrogens is 338 g/mol. The van der Waals surface area contributed by atoms with E-state index in [0.29, 0.717) is 16.1 Å². The van der Waals surface area contributed by atoms with Gasteiger partial charge in [-0.05, 0) is 52.9 Å². The normalized spacial score (nSPS) is 28.1. The van der Waals surface area contributed by atoms with Gasteiger partial charge in [-0.25, -0.2) is 9.69 Å². The zero-order valence-corrected chi connectivity index (χ0v) is 13.0. The Labute approximate surface area is 130 Å². The maximum Gasteiger partial charge on any atom is 0.335 e. The molecule has 0 aromatic heterocycles. The Morgan fingerprint density at radius 1 is 1.24 bits per heavy atom. The summed E-state index contributed by atoms with van der Waals surface area (Å²) in [7, 11) is 0. The molecule has 1 aromatic carbocycles. The smallest absolute Gasteiger partial charge is 0.335 e. The van der Waals surface area contributed by atoms with Crippen molar-refractivity contribution in [1.82, 2.24) is 0 Å². The first kappa shape index (κ1) is 14.3. The van der Waals surface area contributed by atoms with Gasteiger partial charge in [0, 0.05) is 4.47 Å². The molecule has 1 heterocycles. The van der Waals surface area contributed by atoms with Crippen LogP contribution < -0.4 is 4.90 Å². The number of carboxylic acid groups (broad SMARTS) is 1. The number of hydrogen-bond donors (Lipinski definition) is 1. The fraction of sp³-hybridized carbons (Fsp3) is 0.400. The molecule has 6 heteroatoms. The second-order valence-corrected chi connectivity index (χ2v) is 6.63. The van der Waals surface area contributed by atoms with Crippen molar-refractivity contribution in [3.63, 3.8) is 0 Å². The number of amides is 2. The summed E-state index contributed by atoms with van der Waals surface area (Å²) >= 11 is 3.30. The number of halogens is 1. The minimum absolute atomic E-state index is 0.0548. The highest BCUT2D eigenvalue weighted by atomic mass is 79.9. The SMILES string of the molecule is CC1CC2C(=O)N(c3cc(C(=O)O)ccc3Br)C(=O)C2C1. The second-order valence-electron chi connectivity index (χ2n) is 5.77. The number of rotatable bonds is 2. The topological polar surface area (TPSA) is 74.7 Å². The number of anilines is 1. The first-order chi connectivity index (χ1) is 9.90. The lowest BCUT2D eigenvalue weighted by atomic mass is 10.00. The van der Waals surface area contributed by atoms with Crippen LogP contribution in [0.4, 0.5) is 5.69 Å². The molecule has 1 saturated heterocycles. The molecule has 1 aromatic rings. The summed E-state index contributed by atoms with van der Waals surface area (Å²) in [6, 6.07) is 4.35. The summed E-state index contributed by atoms with van der Waals surface area (Å²) in [6.07, 6.45) is 1.45. The molecule has 110 valence electrons. The molecule has 1 saturated carbocycles. The van der Waals surface area contributed by atoms with Crippen LogP contribution in [-0.2, 0) is 9.59 Å². The second kappa shape index (κ2) is 4.94. The Kier molecular flexibility index (Phi) is 3.36. The number of nitrogens with zero attached hydrogens (tertiary/aromatic N) is 1. The molecule has 1 aliphatic heterocycles. The molecule has 2 atom stereocenters. The lowest BCUT2D eigenvalue weighted by Gasteiger charge is -2.18. The minimum Gasteiger partial charge on any atom is -0.478 e. The summed E-state index contributed by atoms with van der Waals surface area (Å²) in [4.78, 5) is 37.3. The summed E-state index contributed by atoms with van der Waals surface area (Å²) in [5, 5.41) is 9.07. The summed E-state index contributed by atoms with van der Waals surface area (Å²) in [6.45, 7) is 2.05. The fourth-order valence-electron chi connectivity index (χ4n) is 3.33. The molecule has 1 N–H and O–H groups in total. The van der Waals surface area contributed by atoms with Crippen LogP contribution in [0.5, 0.6) is 0 Å². The number of fused-ring (bicyclic) bond motifs is 1. The van der Waals surface area contributed by atoms with E-state index in [1.165, 1.54) is 12.1 Å². The Bertz CT molecular complexity index is 633. The fourth-order valence-corrected chi connectivity index (χ4v) is 3.76. The van der Waals surface area contributed by atoms with Crippen LogP contribution in [0, 0.1) is 17.8 Å². The number of carbonyl (C=O) groups excluding carboxylic acids is 2. The number of imide groups is 1. The molecule has 1 aliphatic carbocycles. The van der Waals surface area contributed by atoms with Gasteiger partial charge in [0.2, 0.25) is 11.8 Å². The lowest BCUT2D eigenvalue weighted by Crippen LogP contribution is -2.32. The van der Waals surface area contributed by atoms with Gasteiger partial charge in [-0.15, -0.1) is 0 Å². The molecular formula is C15H14BrNO4. The van der Waals surface area contributed by atoms with E-state index in [4.69, 9.17) is 5.11 Å². The van der Waals surface area contributed by atoms with E-state index >= 15 is 0 Å². The molecule has 3 rings (SSSR count). The Morgan fingerprint density at radius 2 is 1.81 bits per heavy atom. The highest BCUT2D eigenvalue weighted by Gasteiger charge is 2.52. The van der Waals surface area contributed by atoms with Gasteiger partial charge in [-0.3, -0.25) is 9.59 Å². The zero-order valence-electron chi connectivity index (χ0n) is 11.4. The molecule has 0 spiro atoms. The summed E-state index contributed by atoms with van der Waals surface area (Å²) in [5.41, 5.74) is 0.381. The van der Waals surface area contributed by atoms with Crippen molar-refractivity contribution in [3.05, 3.63) is 28.2 Å². The van der Waals surface area contributed by atoms with E-state index in [0.717, 1.165) is 17.7 Å². The number of aromatic carboxylic acids is 1. The van der Waals surface area contributed by atoms with E-state index in [9.17, 15) is 14.4 Å².